The van der Waals surface area contributed by atoms with E-state index in [1.54, 1.807) is 25.1 Å². The molecule has 186 valence electrons. The van der Waals surface area contributed by atoms with Crippen molar-refractivity contribution in [3.8, 4) is 11.4 Å². The van der Waals surface area contributed by atoms with Gasteiger partial charge in [-0.3, -0.25) is 14.3 Å². The predicted octanol–water partition coefficient (Wildman–Crippen LogP) is 2.76. The molecule has 0 radical (unpaired) electrons. The zero-order valence-electron chi connectivity index (χ0n) is 20.3. The number of nitrogens with zero attached hydrogens (tertiary/aromatic N) is 1. The molecule has 0 aliphatic heterocycles. The van der Waals surface area contributed by atoms with Crippen LogP contribution in [0.5, 0.6) is 5.75 Å². The van der Waals surface area contributed by atoms with Gasteiger partial charge in [-0.2, -0.15) is 0 Å². The smallest absolute Gasteiger partial charge is 0.333 e. The highest BCUT2D eigenvalue weighted by Gasteiger charge is 2.26. The molecule has 1 aromatic heterocycles. The molecular formula is C24H28N4O6S. The van der Waals surface area contributed by atoms with Gasteiger partial charge >= 0.3 is 5.69 Å². The van der Waals surface area contributed by atoms with Gasteiger partial charge in [0.05, 0.1) is 24.6 Å². The Morgan fingerprint density at radius 1 is 1.03 bits per heavy atom. The van der Waals surface area contributed by atoms with Crippen LogP contribution >= 0.6 is 0 Å². The van der Waals surface area contributed by atoms with E-state index in [0.717, 1.165) is 10.8 Å². The SMILES string of the molecule is COc1c(C(=O)Nc2ccc(NS(C)(=O)=O)cc2)cc(-n2c(=O)cc(C)[nH]c2=O)cc1C(C)(C)C. The molecule has 10 nitrogen and oxygen atoms in total. The minimum atomic E-state index is -3.43. The molecule has 0 unspecified atom stereocenters. The Kier molecular flexibility index (Phi) is 6.93. The maximum Gasteiger partial charge on any atom is 0.333 e. The number of aryl methyl sites for hydroxylation is 1. The molecule has 1 heterocycles. The molecule has 0 spiro atoms. The highest BCUT2D eigenvalue weighted by Crippen LogP contribution is 2.36. The molecule has 3 N–H and O–H groups in total. The summed E-state index contributed by atoms with van der Waals surface area (Å²) in [6.07, 6.45) is 1.04. The lowest BCUT2D eigenvalue weighted by Crippen LogP contribution is -2.34. The van der Waals surface area contributed by atoms with Gasteiger partial charge in [-0.25, -0.2) is 17.8 Å². The lowest BCUT2D eigenvalue weighted by molar-refractivity contribution is 0.102. The summed E-state index contributed by atoms with van der Waals surface area (Å²) in [4.78, 5) is 41.2. The second-order valence-corrected chi connectivity index (χ2v) is 10.9. The maximum atomic E-state index is 13.3. The number of H-pyrrole nitrogens is 1. The van der Waals surface area contributed by atoms with Crippen LogP contribution in [0.4, 0.5) is 11.4 Å². The van der Waals surface area contributed by atoms with E-state index in [1.807, 2.05) is 20.8 Å². The van der Waals surface area contributed by atoms with E-state index < -0.39 is 32.6 Å². The van der Waals surface area contributed by atoms with Gasteiger partial charge in [-0.1, -0.05) is 20.8 Å². The second-order valence-electron chi connectivity index (χ2n) is 9.16. The summed E-state index contributed by atoms with van der Waals surface area (Å²) in [6, 6.07) is 10.5. The number of aromatic nitrogens is 2. The molecule has 0 fully saturated rings. The summed E-state index contributed by atoms with van der Waals surface area (Å²) >= 11 is 0. The molecule has 35 heavy (non-hydrogen) atoms. The minimum absolute atomic E-state index is 0.125. The lowest BCUT2D eigenvalue weighted by atomic mass is 9.84. The summed E-state index contributed by atoms with van der Waals surface area (Å²) in [5.74, 6) is -0.222. The van der Waals surface area contributed by atoms with Gasteiger partial charge in [0.2, 0.25) is 10.0 Å². The monoisotopic (exact) mass is 500 g/mol. The first kappa shape index (κ1) is 25.8. The van der Waals surface area contributed by atoms with Crippen LogP contribution in [0.3, 0.4) is 0 Å². The van der Waals surface area contributed by atoms with Crippen molar-refractivity contribution in [2.75, 3.05) is 23.4 Å². The molecule has 1 amide bonds. The van der Waals surface area contributed by atoms with Crippen molar-refractivity contribution in [2.45, 2.75) is 33.1 Å². The molecular weight excluding hydrogens is 472 g/mol. The van der Waals surface area contributed by atoms with E-state index in [2.05, 4.69) is 15.0 Å². The second kappa shape index (κ2) is 9.41. The number of carbonyl (C=O) groups is 1. The molecule has 0 aliphatic rings. The molecule has 0 saturated carbocycles. The summed E-state index contributed by atoms with van der Waals surface area (Å²) in [5, 5.41) is 2.75. The fourth-order valence-corrected chi connectivity index (χ4v) is 4.14. The van der Waals surface area contributed by atoms with Crippen LogP contribution in [-0.2, 0) is 15.4 Å². The Balaban J connectivity index is 2.12. The van der Waals surface area contributed by atoms with Gasteiger partial charge in [-0.15, -0.1) is 0 Å². The number of anilines is 2. The van der Waals surface area contributed by atoms with Crippen molar-refractivity contribution in [1.82, 2.24) is 9.55 Å². The van der Waals surface area contributed by atoms with Crippen LogP contribution in [0.15, 0.2) is 52.1 Å². The van der Waals surface area contributed by atoms with Gasteiger partial charge in [-0.05, 0) is 48.7 Å². The number of nitrogens with one attached hydrogen (secondary N) is 3. The van der Waals surface area contributed by atoms with E-state index in [0.29, 0.717) is 28.4 Å². The minimum Gasteiger partial charge on any atom is -0.496 e. The predicted molar refractivity (Wildman–Crippen MR) is 136 cm³/mol. The first-order chi connectivity index (χ1) is 16.2. The molecule has 0 aliphatic carbocycles. The quantitative estimate of drug-likeness (QED) is 0.476. The fourth-order valence-electron chi connectivity index (χ4n) is 3.58. The van der Waals surface area contributed by atoms with Crippen molar-refractivity contribution < 1.29 is 17.9 Å². The van der Waals surface area contributed by atoms with Crippen LogP contribution in [0.2, 0.25) is 0 Å². The van der Waals surface area contributed by atoms with Crippen LogP contribution in [-0.4, -0.2) is 37.2 Å². The zero-order valence-corrected chi connectivity index (χ0v) is 21.2. The van der Waals surface area contributed by atoms with Crippen molar-refractivity contribution in [2.24, 2.45) is 0 Å². The Hall–Kier alpha value is -3.86. The molecule has 2 aromatic carbocycles. The first-order valence-electron chi connectivity index (χ1n) is 10.6. The summed E-state index contributed by atoms with van der Waals surface area (Å²) in [5.41, 5.74) is 0.505. The number of rotatable bonds is 6. The maximum absolute atomic E-state index is 13.3. The van der Waals surface area contributed by atoms with E-state index in [1.165, 1.54) is 31.4 Å². The van der Waals surface area contributed by atoms with Gasteiger partial charge in [0.15, 0.2) is 0 Å². The number of sulfonamides is 1. The summed E-state index contributed by atoms with van der Waals surface area (Å²) in [6.45, 7) is 7.38. The van der Waals surface area contributed by atoms with E-state index in [4.69, 9.17) is 4.74 Å². The zero-order chi connectivity index (χ0) is 26.1. The van der Waals surface area contributed by atoms with Gasteiger partial charge in [0, 0.05) is 28.7 Å². The normalized spacial score (nSPS) is 11.7. The molecule has 11 heteroatoms. The number of methoxy groups -OCH3 is 1. The van der Waals surface area contributed by atoms with Crippen molar-refractivity contribution in [3.05, 3.63) is 80.1 Å². The third-order valence-electron chi connectivity index (χ3n) is 5.10. The number of benzene rings is 2. The largest absolute Gasteiger partial charge is 0.496 e. The third-order valence-corrected chi connectivity index (χ3v) is 5.71. The van der Waals surface area contributed by atoms with Gasteiger partial charge < -0.3 is 15.0 Å². The molecule has 3 aromatic rings. The average Bonchev–Trinajstić information content (AvgIpc) is 2.72. The molecule has 0 bridgehead atoms. The Labute approximate surface area is 203 Å². The highest BCUT2D eigenvalue weighted by molar-refractivity contribution is 7.92. The summed E-state index contributed by atoms with van der Waals surface area (Å²) < 4.78 is 31.7. The standard InChI is InChI=1S/C24H28N4O6S/c1-14-11-20(29)28(23(31)25-14)17-12-18(21(34-5)19(13-17)24(2,3)4)22(30)26-15-7-9-16(10-8-15)27-35(6,32)33/h7-13,27H,1-6H3,(H,25,31)(H,26,30). The topological polar surface area (TPSA) is 139 Å². The third kappa shape index (κ3) is 5.99. The van der Waals surface area contributed by atoms with Crippen LogP contribution in [0, 0.1) is 6.92 Å². The number of hydrogen-bond acceptors (Lipinski definition) is 6. The number of carbonyl (C=O) groups excluding carboxylic acids is 1. The number of hydrogen-bond donors (Lipinski definition) is 3. The summed E-state index contributed by atoms with van der Waals surface area (Å²) in [7, 11) is -1.99. The molecule has 3 rings (SSSR count). The molecule has 0 atom stereocenters. The Morgan fingerprint density at radius 2 is 1.63 bits per heavy atom. The molecule has 0 saturated heterocycles. The van der Waals surface area contributed by atoms with E-state index >= 15 is 0 Å². The Bertz CT molecular complexity index is 1470. The fraction of sp³-hybridized carbons (Fsp3) is 0.292. The number of amides is 1. The highest BCUT2D eigenvalue weighted by atomic mass is 32.2. The van der Waals surface area contributed by atoms with Crippen LogP contribution < -0.4 is 26.0 Å². The number of aromatic amines is 1. The van der Waals surface area contributed by atoms with Gasteiger partial charge in [0.25, 0.3) is 11.5 Å². The van der Waals surface area contributed by atoms with Gasteiger partial charge in [0.1, 0.15) is 5.75 Å². The first-order valence-corrected chi connectivity index (χ1v) is 12.5. The van der Waals surface area contributed by atoms with Crippen molar-refractivity contribution in [1.29, 1.82) is 0 Å². The average molecular weight is 501 g/mol. The van der Waals surface area contributed by atoms with E-state index in [-0.39, 0.29) is 11.3 Å². The van der Waals surface area contributed by atoms with Crippen molar-refractivity contribution in [3.63, 3.8) is 0 Å². The Morgan fingerprint density at radius 3 is 2.14 bits per heavy atom. The lowest BCUT2D eigenvalue weighted by Gasteiger charge is -2.25. The van der Waals surface area contributed by atoms with Crippen LogP contribution in [0.1, 0.15) is 42.4 Å². The number of ether oxygens (including phenoxy) is 1. The van der Waals surface area contributed by atoms with Crippen LogP contribution in [0.25, 0.3) is 5.69 Å². The van der Waals surface area contributed by atoms with Crippen molar-refractivity contribution >= 4 is 27.3 Å². The van der Waals surface area contributed by atoms with E-state index in [9.17, 15) is 22.8 Å².